The highest BCUT2D eigenvalue weighted by Gasteiger charge is 2.41. The summed E-state index contributed by atoms with van der Waals surface area (Å²) in [5.74, 6) is 0. The molecule has 0 aromatic carbocycles. The number of rotatable bonds is 10. The van der Waals surface area contributed by atoms with E-state index in [9.17, 15) is 0 Å². The smallest absolute Gasteiger partial charge is 0.0986 e. The van der Waals surface area contributed by atoms with E-state index in [0.29, 0.717) is 18.2 Å². The second-order valence-electron chi connectivity index (χ2n) is 5.77. The fraction of sp³-hybridized carbons (Fsp3) is 1.00. The topological polar surface area (TPSA) is 33.7 Å². The summed E-state index contributed by atoms with van der Waals surface area (Å²) in [5.41, 5.74) is 0. The van der Waals surface area contributed by atoms with Gasteiger partial charge in [-0.3, -0.25) is 0 Å². The number of unbranched alkanes of at least 4 members (excludes halogenated alkanes) is 1. The van der Waals surface area contributed by atoms with Crippen molar-refractivity contribution in [3.8, 4) is 0 Å². The van der Waals surface area contributed by atoms with Crippen LogP contribution in [0.2, 0.25) is 0 Å². The average Bonchev–Trinajstić information content (AvgIpc) is 2.35. The first kappa shape index (κ1) is 16.9. The van der Waals surface area contributed by atoms with Gasteiger partial charge in [-0.25, -0.2) is 0 Å². The van der Waals surface area contributed by atoms with Crippen molar-refractivity contribution in [2.75, 3.05) is 33.9 Å². The van der Waals surface area contributed by atoms with E-state index in [0.717, 1.165) is 19.6 Å². The Kier molecular flexibility index (Phi) is 7.91. The van der Waals surface area contributed by atoms with Crippen molar-refractivity contribution >= 4 is 0 Å². The number of hydrogen-bond acceptors (Lipinski definition) is 4. The van der Waals surface area contributed by atoms with Crippen molar-refractivity contribution in [2.45, 2.75) is 64.3 Å². The molecule has 0 aliphatic heterocycles. The molecule has 1 aliphatic carbocycles. The summed E-state index contributed by atoms with van der Waals surface area (Å²) in [6.07, 6.45) is 4.08. The summed E-state index contributed by atoms with van der Waals surface area (Å²) in [4.78, 5) is 2.40. The van der Waals surface area contributed by atoms with Crippen molar-refractivity contribution in [3.63, 3.8) is 0 Å². The SMILES string of the molecule is CCOC1CC(NCCCCN(C)C(C)C)C1OC. The predicted molar refractivity (Wildman–Crippen MR) is 79.6 cm³/mol. The Balaban J connectivity index is 2.04. The largest absolute Gasteiger partial charge is 0.377 e. The molecule has 1 fully saturated rings. The molecule has 0 spiro atoms. The van der Waals surface area contributed by atoms with Crippen LogP contribution in [-0.2, 0) is 9.47 Å². The minimum Gasteiger partial charge on any atom is -0.377 e. The van der Waals surface area contributed by atoms with Crippen LogP contribution in [0, 0.1) is 0 Å². The number of ether oxygens (including phenoxy) is 2. The van der Waals surface area contributed by atoms with Gasteiger partial charge in [-0.15, -0.1) is 0 Å². The Morgan fingerprint density at radius 3 is 2.63 bits per heavy atom. The van der Waals surface area contributed by atoms with E-state index in [4.69, 9.17) is 9.47 Å². The van der Waals surface area contributed by atoms with E-state index >= 15 is 0 Å². The van der Waals surface area contributed by atoms with Crippen LogP contribution in [-0.4, -0.2) is 63.0 Å². The van der Waals surface area contributed by atoms with Crippen molar-refractivity contribution < 1.29 is 9.47 Å². The minimum absolute atomic E-state index is 0.235. The maximum atomic E-state index is 5.63. The molecule has 1 saturated carbocycles. The van der Waals surface area contributed by atoms with E-state index < -0.39 is 0 Å². The molecular formula is C15H32N2O2. The Bertz CT molecular complexity index is 236. The minimum atomic E-state index is 0.235. The molecule has 0 amide bonds. The number of methoxy groups -OCH3 is 1. The zero-order valence-corrected chi connectivity index (χ0v) is 13.3. The van der Waals surface area contributed by atoms with Crippen LogP contribution in [0.3, 0.4) is 0 Å². The third-order valence-corrected chi connectivity index (χ3v) is 4.13. The van der Waals surface area contributed by atoms with Crippen LogP contribution in [0.1, 0.15) is 40.0 Å². The zero-order chi connectivity index (χ0) is 14.3. The monoisotopic (exact) mass is 272 g/mol. The molecule has 0 heterocycles. The molecule has 1 aliphatic rings. The van der Waals surface area contributed by atoms with Crippen LogP contribution < -0.4 is 5.32 Å². The van der Waals surface area contributed by atoms with Crippen molar-refractivity contribution in [1.82, 2.24) is 10.2 Å². The van der Waals surface area contributed by atoms with Crippen molar-refractivity contribution in [3.05, 3.63) is 0 Å². The van der Waals surface area contributed by atoms with Crippen LogP contribution in [0.4, 0.5) is 0 Å². The summed E-state index contributed by atoms with van der Waals surface area (Å²) in [5, 5.41) is 3.59. The number of nitrogens with zero attached hydrogens (tertiary/aromatic N) is 1. The first-order valence-electron chi connectivity index (χ1n) is 7.68. The summed E-state index contributed by atoms with van der Waals surface area (Å²) >= 11 is 0. The van der Waals surface area contributed by atoms with Gasteiger partial charge in [0.05, 0.1) is 12.2 Å². The number of nitrogens with one attached hydrogen (secondary N) is 1. The van der Waals surface area contributed by atoms with Crippen molar-refractivity contribution in [2.24, 2.45) is 0 Å². The third-order valence-electron chi connectivity index (χ3n) is 4.13. The summed E-state index contributed by atoms with van der Waals surface area (Å²) < 4.78 is 11.1. The van der Waals surface area contributed by atoms with Crippen molar-refractivity contribution in [1.29, 1.82) is 0 Å². The normalized spacial score (nSPS) is 27.0. The highest BCUT2D eigenvalue weighted by atomic mass is 16.5. The van der Waals surface area contributed by atoms with Crippen LogP contribution in [0.15, 0.2) is 0 Å². The van der Waals surface area contributed by atoms with Gasteiger partial charge in [0, 0.05) is 25.8 Å². The Morgan fingerprint density at radius 1 is 1.32 bits per heavy atom. The first-order valence-corrected chi connectivity index (χ1v) is 7.68. The summed E-state index contributed by atoms with van der Waals surface area (Å²) in [7, 11) is 3.97. The lowest BCUT2D eigenvalue weighted by atomic mass is 9.85. The lowest BCUT2D eigenvalue weighted by Gasteiger charge is -2.43. The van der Waals surface area contributed by atoms with Gasteiger partial charge < -0.3 is 19.7 Å². The molecule has 4 heteroatoms. The third kappa shape index (κ3) is 5.38. The predicted octanol–water partition coefficient (Wildman–Crippen LogP) is 1.89. The quantitative estimate of drug-likeness (QED) is 0.616. The van der Waals surface area contributed by atoms with Gasteiger partial charge in [-0.2, -0.15) is 0 Å². The van der Waals surface area contributed by atoms with Crippen LogP contribution in [0.25, 0.3) is 0 Å². The molecule has 1 rings (SSSR count). The maximum Gasteiger partial charge on any atom is 0.0986 e. The lowest BCUT2D eigenvalue weighted by Crippen LogP contribution is -2.59. The van der Waals surface area contributed by atoms with Gasteiger partial charge in [-0.1, -0.05) is 0 Å². The van der Waals surface area contributed by atoms with Gasteiger partial charge in [0.2, 0.25) is 0 Å². The second-order valence-corrected chi connectivity index (χ2v) is 5.77. The van der Waals surface area contributed by atoms with E-state index in [-0.39, 0.29) is 6.10 Å². The first-order chi connectivity index (χ1) is 9.10. The lowest BCUT2D eigenvalue weighted by molar-refractivity contribution is -0.131. The summed E-state index contributed by atoms with van der Waals surface area (Å²) in [6.45, 7) is 9.55. The van der Waals surface area contributed by atoms with Gasteiger partial charge in [0.1, 0.15) is 0 Å². The molecule has 0 radical (unpaired) electrons. The Labute approximate surface area is 118 Å². The Morgan fingerprint density at radius 2 is 2.05 bits per heavy atom. The van der Waals surface area contributed by atoms with E-state index in [2.05, 4.69) is 31.1 Å². The fourth-order valence-corrected chi connectivity index (χ4v) is 2.51. The fourth-order valence-electron chi connectivity index (χ4n) is 2.51. The molecule has 0 bridgehead atoms. The van der Waals surface area contributed by atoms with E-state index in [1.165, 1.54) is 19.4 Å². The summed E-state index contributed by atoms with van der Waals surface area (Å²) in [6, 6.07) is 1.12. The molecule has 19 heavy (non-hydrogen) atoms. The van der Waals surface area contributed by atoms with Crippen LogP contribution >= 0.6 is 0 Å². The van der Waals surface area contributed by atoms with E-state index in [1.54, 1.807) is 7.11 Å². The zero-order valence-electron chi connectivity index (χ0n) is 13.3. The molecule has 4 nitrogen and oxygen atoms in total. The molecular weight excluding hydrogens is 240 g/mol. The molecule has 0 saturated heterocycles. The highest BCUT2D eigenvalue weighted by Crippen LogP contribution is 2.26. The molecule has 3 unspecified atom stereocenters. The van der Waals surface area contributed by atoms with E-state index in [1.807, 2.05) is 6.92 Å². The number of hydrogen-bond donors (Lipinski definition) is 1. The molecule has 114 valence electrons. The molecule has 0 aromatic heterocycles. The maximum absolute atomic E-state index is 5.63. The Hall–Kier alpha value is -0.160. The highest BCUT2D eigenvalue weighted by molar-refractivity contribution is 4.96. The standard InChI is InChI=1S/C15H32N2O2/c1-6-19-14-11-13(15(14)18-5)16-9-7-8-10-17(4)12(2)3/h12-16H,6-11H2,1-5H3. The molecule has 0 aromatic rings. The average molecular weight is 272 g/mol. The van der Waals surface area contributed by atoms with Gasteiger partial charge in [0.25, 0.3) is 0 Å². The molecule has 1 N–H and O–H groups in total. The van der Waals surface area contributed by atoms with Gasteiger partial charge in [-0.05, 0) is 60.2 Å². The van der Waals surface area contributed by atoms with Gasteiger partial charge >= 0.3 is 0 Å². The second kappa shape index (κ2) is 8.90. The molecule has 3 atom stereocenters. The van der Waals surface area contributed by atoms with Gasteiger partial charge in [0.15, 0.2) is 0 Å². The van der Waals surface area contributed by atoms with Crippen LogP contribution in [0.5, 0.6) is 0 Å².